The summed E-state index contributed by atoms with van der Waals surface area (Å²) >= 11 is 0. The lowest BCUT2D eigenvalue weighted by Crippen LogP contribution is -2.43. The number of hydrogen-bond donors (Lipinski definition) is 1. The van der Waals surface area contributed by atoms with E-state index in [2.05, 4.69) is 43.1 Å². The first-order valence-electron chi connectivity index (χ1n) is 7.41. The fourth-order valence-corrected chi connectivity index (χ4v) is 2.68. The van der Waals surface area contributed by atoms with Crippen molar-refractivity contribution in [2.75, 3.05) is 20.6 Å². The van der Waals surface area contributed by atoms with Crippen molar-refractivity contribution in [3.8, 4) is 0 Å². The van der Waals surface area contributed by atoms with Crippen molar-refractivity contribution >= 4 is 0 Å². The predicted molar refractivity (Wildman–Crippen MR) is 84.1 cm³/mol. The number of rotatable bonds is 7. The van der Waals surface area contributed by atoms with Gasteiger partial charge < -0.3 is 13.9 Å². The van der Waals surface area contributed by atoms with Crippen LogP contribution in [0.5, 0.6) is 0 Å². The molecule has 0 amide bonds. The lowest BCUT2D eigenvalue weighted by atomic mass is 10.0. The van der Waals surface area contributed by atoms with E-state index in [1.807, 2.05) is 36.1 Å². The second-order valence-electron chi connectivity index (χ2n) is 6.03. The molecular weight excluding hydrogens is 264 g/mol. The smallest absolute Gasteiger partial charge is 0.133 e. The highest BCUT2D eigenvalue weighted by Gasteiger charge is 2.23. The maximum absolute atomic E-state index is 5.60. The molecule has 2 heterocycles. The lowest BCUT2D eigenvalue weighted by Gasteiger charge is -2.29. The van der Waals surface area contributed by atoms with Gasteiger partial charge in [0.25, 0.3) is 0 Å². The largest absolute Gasteiger partial charge is 0.467 e. The van der Waals surface area contributed by atoms with E-state index in [0.717, 1.165) is 18.1 Å². The van der Waals surface area contributed by atoms with Gasteiger partial charge in [0.1, 0.15) is 17.6 Å². The van der Waals surface area contributed by atoms with Gasteiger partial charge in [-0.15, -0.1) is 0 Å². The maximum atomic E-state index is 5.60. The summed E-state index contributed by atoms with van der Waals surface area (Å²) in [6.45, 7) is 5.37. The first-order valence-corrected chi connectivity index (χ1v) is 7.41. The number of hydrogen-bond acceptors (Lipinski definition) is 4. The molecule has 0 aliphatic carbocycles. The number of likely N-dealkylation sites (N-methyl/N-ethyl adjacent to an activating group) is 1. The van der Waals surface area contributed by atoms with E-state index in [1.54, 1.807) is 6.26 Å². The summed E-state index contributed by atoms with van der Waals surface area (Å²) in [5.74, 6) is 2.43. The number of furan rings is 1. The summed E-state index contributed by atoms with van der Waals surface area (Å²) in [5.41, 5.74) is 0. The van der Waals surface area contributed by atoms with Crippen molar-refractivity contribution in [3.63, 3.8) is 0 Å². The third-order valence-electron chi connectivity index (χ3n) is 3.91. The molecule has 0 aliphatic heterocycles. The Kier molecular flexibility index (Phi) is 5.20. The molecule has 2 unspecified atom stereocenters. The Balaban J connectivity index is 2.16. The van der Waals surface area contributed by atoms with Crippen molar-refractivity contribution in [1.29, 1.82) is 0 Å². The lowest BCUT2D eigenvalue weighted by molar-refractivity contribution is 0.218. The van der Waals surface area contributed by atoms with Crippen LogP contribution < -0.4 is 5.32 Å². The molecule has 0 aliphatic rings. The summed E-state index contributed by atoms with van der Waals surface area (Å²) < 4.78 is 7.63. The molecular formula is C16H26N4O. The minimum atomic E-state index is -0.0267. The van der Waals surface area contributed by atoms with Crippen molar-refractivity contribution in [2.45, 2.75) is 25.9 Å². The van der Waals surface area contributed by atoms with Gasteiger partial charge in [0.2, 0.25) is 0 Å². The third-order valence-corrected chi connectivity index (χ3v) is 3.91. The van der Waals surface area contributed by atoms with Crippen LogP contribution in [0.3, 0.4) is 0 Å². The zero-order valence-corrected chi connectivity index (χ0v) is 13.6. The number of nitrogens with zero attached hydrogens (tertiary/aromatic N) is 3. The Labute approximate surface area is 127 Å². The molecule has 0 radical (unpaired) electrons. The molecule has 1 N–H and O–H groups in total. The summed E-state index contributed by atoms with van der Waals surface area (Å²) in [7, 11) is 6.25. The average molecular weight is 290 g/mol. The van der Waals surface area contributed by atoms with Crippen LogP contribution in [0, 0.1) is 5.92 Å². The summed E-state index contributed by atoms with van der Waals surface area (Å²) in [5, 5.41) is 3.61. The van der Waals surface area contributed by atoms with Gasteiger partial charge in [-0.1, -0.05) is 13.8 Å². The quantitative estimate of drug-likeness (QED) is 0.850. The molecule has 0 spiro atoms. The second kappa shape index (κ2) is 6.91. The monoisotopic (exact) mass is 290 g/mol. The van der Waals surface area contributed by atoms with Gasteiger partial charge in [0.05, 0.1) is 6.26 Å². The molecule has 0 saturated carbocycles. The molecule has 116 valence electrons. The van der Waals surface area contributed by atoms with Crippen LogP contribution in [0.15, 0.2) is 35.2 Å². The molecule has 5 nitrogen and oxygen atoms in total. The van der Waals surface area contributed by atoms with Gasteiger partial charge in [-0.25, -0.2) is 4.98 Å². The van der Waals surface area contributed by atoms with E-state index in [0.29, 0.717) is 12.0 Å². The Bertz CT molecular complexity index is 522. The van der Waals surface area contributed by atoms with Crippen LogP contribution in [-0.4, -0.2) is 41.1 Å². The standard InChI is InChI=1S/C16H26N4O/c1-12(2)13(19(3)4)11-18-15(14-7-6-10-21-14)16-17-8-9-20(16)5/h6-10,12-13,15,18H,11H2,1-5H3. The number of imidazole rings is 1. The first kappa shape index (κ1) is 15.8. The highest BCUT2D eigenvalue weighted by molar-refractivity contribution is 5.15. The normalized spacial score (nSPS) is 14.8. The van der Waals surface area contributed by atoms with Gasteiger partial charge in [0.15, 0.2) is 0 Å². The van der Waals surface area contributed by atoms with Gasteiger partial charge in [-0.2, -0.15) is 0 Å². The van der Waals surface area contributed by atoms with Crippen molar-refractivity contribution in [3.05, 3.63) is 42.4 Å². The van der Waals surface area contributed by atoms with Crippen molar-refractivity contribution in [2.24, 2.45) is 13.0 Å². The number of nitrogens with one attached hydrogen (secondary N) is 1. The highest BCUT2D eigenvalue weighted by atomic mass is 16.3. The zero-order chi connectivity index (χ0) is 15.4. The third kappa shape index (κ3) is 3.74. The second-order valence-corrected chi connectivity index (χ2v) is 6.03. The van der Waals surface area contributed by atoms with E-state index >= 15 is 0 Å². The van der Waals surface area contributed by atoms with Crippen LogP contribution >= 0.6 is 0 Å². The van der Waals surface area contributed by atoms with Crippen LogP contribution in [0.2, 0.25) is 0 Å². The van der Waals surface area contributed by atoms with E-state index in [4.69, 9.17) is 4.42 Å². The molecule has 0 bridgehead atoms. The van der Waals surface area contributed by atoms with Gasteiger partial charge in [-0.05, 0) is 32.1 Å². The molecule has 2 atom stereocenters. The average Bonchev–Trinajstić information content (AvgIpc) is 3.05. The fraction of sp³-hybridized carbons (Fsp3) is 0.562. The Morgan fingerprint density at radius 2 is 2.14 bits per heavy atom. The minimum absolute atomic E-state index is 0.0267. The predicted octanol–water partition coefficient (Wildman–Crippen LogP) is 2.28. The summed E-state index contributed by atoms with van der Waals surface area (Å²) in [6, 6.07) is 4.34. The number of aryl methyl sites for hydroxylation is 1. The topological polar surface area (TPSA) is 46.2 Å². The molecule has 0 fully saturated rings. The molecule has 0 saturated heterocycles. The van der Waals surface area contributed by atoms with Gasteiger partial charge in [-0.3, -0.25) is 5.32 Å². The summed E-state index contributed by atoms with van der Waals surface area (Å²) in [4.78, 5) is 6.73. The maximum Gasteiger partial charge on any atom is 0.133 e. The van der Waals surface area contributed by atoms with E-state index in [9.17, 15) is 0 Å². The van der Waals surface area contributed by atoms with E-state index in [1.165, 1.54) is 0 Å². The van der Waals surface area contributed by atoms with Gasteiger partial charge >= 0.3 is 0 Å². The SMILES string of the molecule is CC(C)C(CNC(c1ccco1)c1nccn1C)N(C)C. The van der Waals surface area contributed by atoms with Gasteiger partial charge in [0, 0.05) is 32.0 Å². The Hall–Kier alpha value is -1.59. The fourth-order valence-electron chi connectivity index (χ4n) is 2.68. The molecule has 2 rings (SSSR count). The zero-order valence-electron chi connectivity index (χ0n) is 13.6. The van der Waals surface area contributed by atoms with Crippen LogP contribution in [0.1, 0.15) is 31.5 Å². The minimum Gasteiger partial charge on any atom is -0.467 e. The van der Waals surface area contributed by atoms with Crippen molar-refractivity contribution < 1.29 is 4.42 Å². The molecule has 0 aromatic carbocycles. The molecule has 21 heavy (non-hydrogen) atoms. The molecule has 2 aromatic rings. The van der Waals surface area contributed by atoms with Crippen LogP contribution in [-0.2, 0) is 7.05 Å². The van der Waals surface area contributed by atoms with Crippen molar-refractivity contribution in [1.82, 2.24) is 19.8 Å². The van der Waals surface area contributed by atoms with Crippen LogP contribution in [0.25, 0.3) is 0 Å². The number of aromatic nitrogens is 2. The first-order chi connectivity index (χ1) is 10.0. The van der Waals surface area contributed by atoms with Crippen LogP contribution in [0.4, 0.5) is 0 Å². The molecule has 2 aromatic heterocycles. The molecule has 5 heteroatoms. The summed E-state index contributed by atoms with van der Waals surface area (Å²) in [6.07, 6.45) is 5.48. The highest BCUT2D eigenvalue weighted by Crippen LogP contribution is 2.21. The van der Waals surface area contributed by atoms with E-state index in [-0.39, 0.29) is 6.04 Å². The Morgan fingerprint density at radius 1 is 1.38 bits per heavy atom. The van der Waals surface area contributed by atoms with E-state index < -0.39 is 0 Å². The Morgan fingerprint density at radius 3 is 2.62 bits per heavy atom.